The first-order chi connectivity index (χ1) is 4.35. The summed E-state index contributed by atoms with van der Waals surface area (Å²) in [6.07, 6.45) is 6.26. The quantitative estimate of drug-likeness (QED) is 0.453. The van der Waals surface area contributed by atoms with Gasteiger partial charge in [0.05, 0.1) is 0 Å². The Kier molecular flexibility index (Phi) is 5.85. The molecule has 0 aliphatic heterocycles. The molecule has 0 aromatic heterocycles. The van der Waals surface area contributed by atoms with Crippen LogP contribution in [0.1, 0.15) is 19.8 Å². The van der Waals surface area contributed by atoms with Crippen molar-refractivity contribution in [3.63, 3.8) is 0 Å². The van der Waals surface area contributed by atoms with E-state index in [1.54, 1.807) is 0 Å². The smallest absolute Gasteiger partial charge is 0.00947 e. The largest absolute Gasteiger partial charge is 0.179 e. The van der Waals surface area contributed by atoms with E-state index in [0.717, 1.165) is 18.6 Å². The van der Waals surface area contributed by atoms with Gasteiger partial charge in [-0.15, -0.1) is 0 Å². The van der Waals surface area contributed by atoms with Crippen LogP contribution in [-0.2, 0) is 0 Å². The standard InChI is InChI=1S/C8H14S/c1-3-8(4-2)6-5-7-9/h3-4,9H,1,5-7H2,2H3. The van der Waals surface area contributed by atoms with Gasteiger partial charge in [-0.1, -0.05) is 24.3 Å². The normalized spacial score (nSPS) is 11.6. The van der Waals surface area contributed by atoms with Crippen molar-refractivity contribution < 1.29 is 0 Å². The molecule has 0 radical (unpaired) electrons. The Morgan fingerprint density at radius 2 is 2.33 bits per heavy atom. The maximum Gasteiger partial charge on any atom is -0.00947 e. The highest BCUT2D eigenvalue weighted by Crippen LogP contribution is 2.05. The summed E-state index contributed by atoms with van der Waals surface area (Å²) in [7, 11) is 0. The van der Waals surface area contributed by atoms with Gasteiger partial charge >= 0.3 is 0 Å². The highest BCUT2D eigenvalue weighted by atomic mass is 32.1. The number of thiol groups is 1. The van der Waals surface area contributed by atoms with Crippen molar-refractivity contribution in [1.29, 1.82) is 0 Å². The first kappa shape index (κ1) is 8.83. The third-order valence-electron chi connectivity index (χ3n) is 1.26. The Labute approximate surface area is 63.1 Å². The molecule has 0 atom stereocenters. The van der Waals surface area contributed by atoms with Crippen LogP contribution in [0, 0.1) is 0 Å². The molecule has 0 aromatic carbocycles. The molecule has 0 nitrogen and oxygen atoms in total. The van der Waals surface area contributed by atoms with Gasteiger partial charge in [-0.25, -0.2) is 0 Å². The molecule has 0 amide bonds. The van der Waals surface area contributed by atoms with Gasteiger partial charge in [0, 0.05) is 0 Å². The first-order valence-corrected chi connectivity index (χ1v) is 3.87. The molecule has 0 saturated carbocycles. The van der Waals surface area contributed by atoms with E-state index in [-0.39, 0.29) is 0 Å². The van der Waals surface area contributed by atoms with Crippen LogP contribution in [-0.4, -0.2) is 5.75 Å². The highest BCUT2D eigenvalue weighted by Gasteiger charge is 1.86. The van der Waals surface area contributed by atoms with Crippen LogP contribution >= 0.6 is 12.6 Å². The second-order valence-corrected chi connectivity index (χ2v) is 2.34. The molecule has 0 saturated heterocycles. The maximum absolute atomic E-state index is 4.11. The molecule has 0 heterocycles. The summed E-state index contributed by atoms with van der Waals surface area (Å²) in [5.74, 6) is 0.963. The molecule has 0 rings (SSSR count). The molecule has 0 aliphatic carbocycles. The number of hydrogen-bond acceptors (Lipinski definition) is 1. The van der Waals surface area contributed by atoms with Crippen LogP contribution in [0.25, 0.3) is 0 Å². The van der Waals surface area contributed by atoms with Crippen molar-refractivity contribution >= 4 is 12.6 Å². The zero-order valence-electron chi connectivity index (χ0n) is 5.93. The summed E-state index contributed by atoms with van der Waals surface area (Å²) >= 11 is 4.11. The summed E-state index contributed by atoms with van der Waals surface area (Å²) in [4.78, 5) is 0. The lowest BCUT2D eigenvalue weighted by Crippen LogP contribution is -1.79. The molecule has 0 fully saturated rings. The summed E-state index contributed by atoms with van der Waals surface area (Å²) < 4.78 is 0. The SMILES string of the molecule is C=CC(=CC)CCCS. The zero-order chi connectivity index (χ0) is 7.11. The fourth-order valence-electron chi connectivity index (χ4n) is 0.647. The molecule has 0 spiro atoms. The van der Waals surface area contributed by atoms with Crippen molar-refractivity contribution in [1.82, 2.24) is 0 Å². The van der Waals surface area contributed by atoms with Gasteiger partial charge in [0.2, 0.25) is 0 Å². The zero-order valence-corrected chi connectivity index (χ0v) is 6.82. The fourth-order valence-corrected chi connectivity index (χ4v) is 0.806. The molecule has 0 aromatic rings. The number of hydrogen-bond donors (Lipinski definition) is 1. The second kappa shape index (κ2) is 5.96. The third kappa shape index (κ3) is 4.34. The topological polar surface area (TPSA) is 0 Å². The van der Waals surface area contributed by atoms with Gasteiger partial charge in [-0.05, 0) is 25.5 Å². The van der Waals surface area contributed by atoms with Gasteiger partial charge in [0.25, 0.3) is 0 Å². The minimum absolute atomic E-state index is 0.963. The Bertz CT molecular complexity index is 103. The van der Waals surface area contributed by atoms with Crippen LogP contribution in [0.4, 0.5) is 0 Å². The highest BCUT2D eigenvalue weighted by molar-refractivity contribution is 7.80. The lowest BCUT2D eigenvalue weighted by Gasteiger charge is -1.96. The molecule has 9 heavy (non-hydrogen) atoms. The lowest BCUT2D eigenvalue weighted by molar-refractivity contribution is 0.939. The van der Waals surface area contributed by atoms with E-state index in [9.17, 15) is 0 Å². The van der Waals surface area contributed by atoms with E-state index in [1.807, 2.05) is 13.0 Å². The molecule has 0 bridgehead atoms. The lowest BCUT2D eigenvalue weighted by atomic mass is 10.1. The Balaban J connectivity index is 3.45. The van der Waals surface area contributed by atoms with Crippen LogP contribution in [0.5, 0.6) is 0 Å². The van der Waals surface area contributed by atoms with Crippen molar-refractivity contribution in [3.05, 3.63) is 24.3 Å². The van der Waals surface area contributed by atoms with Crippen LogP contribution in [0.15, 0.2) is 24.3 Å². The monoisotopic (exact) mass is 142 g/mol. The molecular weight excluding hydrogens is 128 g/mol. The van der Waals surface area contributed by atoms with E-state index < -0.39 is 0 Å². The van der Waals surface area contributed by atoms with E-state index >= 15 is 0 Å². The van der Waals surface area contributed by atoms with Crippen molar-refractivity contribution in [2.45, 2.75) is 19.8 Å². The molecule has 1 heteroatoms. The van der Waals surface area contributed by atoms with Crippen molar-refractivity contribution in [2.24, 2.45) is 0 Å². The molecule has 0 aliphatic rings. The summed E-state index contributed by atoms with van der Waals surface area (Å²) in [5.41, 5.74) is 1.32. The minimum atomic E-state index is 0.963. The second-order valence-electron chi connectivity index (χ2n) is 1.89. The fraction of sp³-hybridized carbons (Fsp3) is 0.500. The molecule has 52 valence electrons. The van der Waals surface area contributed by atoms with Crippen LogP contribution in [0.3, 0.4) is 0 Å². The van der Waals surface area contributed by atoms with Crippen molar-refractivity contribution in [3.8, 4) is 0 Å². The van der Waals surface area contributed by atoms with Crippen LogP contribution in [0.2, 0.25) is 0 Å². The molecule has 0 unspecified atom stereocenters. The van der Waals surface area contributed by atoms with E-state index in [0.29, 0.717) is 0 Å². The summed E-state index contributed by atoms with van der Waals surface area (Å²) in [5, 5.41) is 0. The average molecular weight is 142 g/mol. The molecular formula is C8H14S. The van der Waals surface area contributed by atoms with E-state index in [4.69, 9.17) is 0 Å². The first-order valence-electron chi connectivity index (χ1n) is 3.23. The minimum Gasteiger partial charge on any atom is -0.179 e. The predicted molar refractivity (Wildman–Crippen MR) is 47.0 cm³/mol. The summed E-state index contributed by atoms with van der Waals surface area (Å²) in [6, 6.07) is 0. The Morgan fingerprint density at radius 1 is 1.67 bits per heavy atom. The Morgan fingerprint density at radius 3 is 2.67 bits per heavy atom. The van der Waals surface area contributed by atoms with E-state index in [2.05, 4.69) is 25.3 Å². The van der Waals surface area contributed by atoms with E-state index in [1.165, 1.54) is 5.57 Å². The van der Waals surface area contributed by atoms with Gasteiger partial charge in [-0.3, -0.25) is 0 Å². The van der Waals surface area contributed by atoms with Crippen LogP contribution < -0.4 is 0 Å². The number of allylic oxidation sites excluding steroid dienone is 3. The summed E-state index contributed by atoms with van der Waals surface area (Å²) in [6.45, 7) is 5.73. The van der Waals surface area contributed by atoms with Crippen molar-refractivity contribution in [2.75, 3.05) is 5.75 Å². The molecule has 0 N–H and O–H groups in total. The van der Waals surface area contributed by atoms with Gasteiger partial charge in [0.1, 0.15) is 0 Å². The third-order valence-corrected chi connectivity index (χ3v) is 1.57. The van der Waals surface area contributed by atoms with Gasteiger partial charge in [0.15, 0.2) is 0 Å². The number of rotatable bonds is 4. The average Bonchev–Trinajstić information content (AvgIpc) is 1.91. The van der Waals surface area contributed by atoms with Gasteiger partial charge in [-0.2, -0.15) is 12.6 Å². The van der Waals surface area contributed by atoms with Gasteiger partial charge < -0.3 is 0 Å². The predicted octanol–water partition coefficient (Wildman–Crippen LogP) is 2.83. The maximum atomic E-state index is 4.11. The Hall–Kier alpha value is -0.170.